The van der Waals surface area contributed by atoms with Gasteiger partial charge in [-0.1, -0.05) is 37.6 Å². The molecule has 0 aliphatic heterocycles. The van der Waals surface area contributed by atoms with Gasteiger partial charge in [-0.15, -0.1) is 0 Å². The average Bonchev–Trinajstić information content (AvgIpc) is 2.00. The number of halogens is 1. The minimum absolute atomic E-state index is 0.0389. The normalized spacial score (nSPS) is 12.9. The molecule has 0 fully saturated rings. The molecule has 0 aliphatic carbocycles. The van der Waals surface area contributed by atoms with Crippen molar-refractivity contribution in [1.29, 1.82) is 0 Å². The minimum Gasteiger partial charge on any atom is -0.390 e. The van der Waals surface area contributed by atoms with Gasteiger partial charge in [-0.3, -0.25) is 0 Å². The molecule has 0 aliphatic rings. The smallest absolute Gasteiger partial charge is 0.0600 e. The van der Waals surface area contributed by atoms with Crippen LogP contribution in [0.15, 0.2) is 24.3 Å². The first kappa shape index (κ1) is 12.5. The summed E-state index contributed by atoms with van der Waals surface area (Å²) in [5, 5.41) is 10.6. The Labute approximate surface area is 97.1 Å². The van der Waals surface area contributed by atoms with Gasteiger partial charge in [-0.25, -0.2) is 0 Å². The third-order valence-corrected chi connectivity index (χ3v) is 2.75. The van der Waals surface area contributed by atoms with Gasteiger partial charge in [0.1, 0.15) is 0 Å². The van der Waals surface area contributed by atoms with Gasteiger partial charge in [0.15, 0.2) is 0 Å². The van der Waals surface area contributed by atoms with E-state index < -0.39 is 5.60 Å². The Balaban J connectivity index is 2.90. The first-order valence-electron chi connectivity index (χ1n) is 5.19. The molecule has 0 atom stereocenters. The van der Waals surface area contributed by atoms with Crippen LogP contribution >= 0.6 is 11.6 Å². The summed E-state index contributed by atoms with van der Waals surface area (Å²) in [7, 11) is 0. The fourth-order valence-electron chi connectivity index (χ4n) is 2.08. The Kier molecular flexibility index (Phi) is 3.47. The van der Waals surface area contributed by atoms with Crippen molar-refractivity contribution in [1.82, 2.24) is 0 Å². The summed E-state index contributed by atoms with van der Waals surface area (Å²) in [6.45, 7) is 7.94. The van der Waals surface area contributed by atoms with Crippen LogP contribution < -0.4 is 0 Å². The molecule has 0 spiro atoms. The predicted molar refractivity (Wildman–Crippen MR) is 65.4 cm³/mol. The lowest BCUT2D eigenvalue weighted by Gasteiger charge is -2.32. The highest BCUT2D eigenvalue weighted by molar-refractivity contribution is 6.30. The molecule has 0 radical (unpaired) electrons. The zero-order chi connectivity index (χ0) is 11.7. The maximum Gasteiger partial charge on any atom is 0.0600 e. The van der Waals surface area contributed by atoms with E-state index in [1.54, 1.807) is 0 Å². The molecule has 0 amide bonds. The van der Waals surface area contributed by atoms with Crippen molar-refractivity contribution in [3.05, 3.63) is 34.9 Å². The van der Waals surface area contributed by atoms with Crippen LogP contribution in [0.3, 0.4) is 0 Å². The second kappa shape index (κ2) is 4.15. The second-order valence-corrected chi connectivity index (χ2v) is 5.82. The SMILES string of the molecule is CC(C)(O)CC(C)(C)c1ccc(Cl)cc1. The summed E-state index contributed by atoms with van der Waals surface area (Å²) < 4.78 is 0. The van der Waals surface area contributed by atoms with Crippen LogP contribution in [0.2, 0.25) is 5.02 Å². The molecule has 1 rings (SSSR count). The van der Waals surface area contributed by atoms with Gasteiger partial charge in [0, 0.05) is 5.02 Å². The van der Waals surface area contributed by atoms with Crippen molar-refractivity contribution < 1.29 is 5.11 Å². The summed E-state index contributed by atoms with van der Waals surface area (Å²) >= 11 is 5.85. The zero-order valence-corrected chi connectivity index (χ0v) is 10.6. The molecule has 1 nitrogen and oxygen atoms in total. The van der Waals surface area contributed by atoms with Crippen molar-refractivity contribution >= 4 is 11.6 Å². The molecule has 1 aromatic rings. The van der Waals surface area contributed by atoms with Crippen molar-refractivity contribution in [2.45, 2.75) is 45.1 Å². The Morgan fingerprint density at radius 2 is 1.53 bits per heavy atom. The van der Waals surface area contributed by atoms with Gasteiger partial charge in [0.2, 0.25) is 0 Å². The van der Waals surface area contributed by atoms with Crippen molar-refractivity contribution in [3.8, 4) is 0 Å². The highest BCUT2D eigenvalue weighted by Gasteiger charge is 2.28. The van der Waals surface area contributed by atoms with E-state index >= 15 is 0 Å². The van der Waals surface area contributed by atoms with E-state index in [-0.39, 0.29) is 5.41 Å². The second-order valence-electron chi connectivity index (χ2n) is 5.38. The molecule has 0 unspecified atom stereocenters. The van der Waals surface area contributed by atoms with Crippen LogP contribution in [0.4, 0.5) is 0 Å². The van der Waals surface area contributed by atoms with Crippen LogP contribution in [0, 0.1) is 0 Å². The number of benzene rings is 1. The molecule has 0 bridgehead atoms. The number of aliphatic hydroxyl groups is 1. The Bertz CT molecular complexity index is 319. The number of rotatable bonds is 3. The van der Waals surface area contributed by atoms with E-state index in [2.05, 4.69) is 13.8 Å². The van der Waals surface area contributed by atoms with E-state index in [1.807, 2.05) is 38.1 Å². The summed E-state index contributed by atoms with van der Waals surface area (Å²) in [6.07, 6.45) is 0.724. The van der Waals surface area contributed by atoms with E-state index in [0.717, 1.165) is 11.4 Å². The molecular weight excluding hydrogens is 208 g/mol. The lowest BCUT2D eigenvalue weighted by molar-refractivity contribution is 0.0501. The molecule has 0 saturated carbocycles. The molecular formula is C13H19ClO. The van der Waals surface area contributed by atoms with Gasteiger partial charge in [-0.05, 0) is 43.4 Å². The van der Waals surface area contributed by atoms with Crippen LogP contribution in [-0.4, -0.2) is 10.7 Å². The fourth-order valence-corrected chi connectivity index (χ4v) is 2.21. The van der Waals surface area contributed by atoms with Crippen LogP contribution in [0.5, 0.6) is 0 Å². The van der Waals surface area contributed by atoms with Gasteiger partial charge >= 0.3 is 0 Å². The van der Waals surface area contributed by atoms with Gasteiger partial charge in [0.05, 0.1) is 5.60 Å². The molecule has 1 aromatic carbocycles. The highest BCUT2D eigenvalue weighted by atomic mass is 35.5. The van der Waals surface area contributed by atoms with Crippen molar-refractivity contribution in [2.75, 3.05) is 0 Å². The highest BCUT2D eigenvalue weighted by Crippen LogP contribution is 2.32. The van der Waals surface area contributed by atoms with Crippen molar-refractivity contribution in [3.63, 3.8) is 0 Å². The molecule has 0 saturated heterocycles. The molecule has 0 aromatic heterocycles. The Morgan fingerprint density at radius 3 is 1.93 bits per heavy atom. The molecule has 15 heavy (non-hydrogen) atoms. The average molecular weight is 227 g/mol. The third-order valence-electron chi connectivity index (χ3n) is 2.50. The standard InChI is InChI=1S/C13H19ClO/c1-12(2,9-13(3,4)15)10-5-7-11(14)8-6-10/h5-8,15H,9H2,1-4H3. The molecule has 84 valence electrons. The van der Waals surface area contributed by atoms with Crippen LogP contribution in [0.1, 0.15) is 39.7 Å². The summed E-state index contributed by atoms with van der Waals surface area (Å²) in [4.78, 5) is 0. The maximum atomic E-state index is 9.84. The molecule has 0 heterocycles. The summed E-state index contributed by atoms with van der Waals surface area (Å²) in [6, 6.07) is 7.83. The number of hydrogen-bond donors (Lipinski definition) is 1. The minimum atomic E-state index is -0.650. The van der Waals surface area contributed by atoms with E-state index in [4.69, 9.17) is 11.6 Å². The van der Waals surface area contributed by atoms with Crippen molar-refractivity contribution in [2.24, 2.45) is 0 Å². The topological polar surface area (TPSA) is 20.2 Å². The summed E-state index contributed by atoms with van der Waals surface area (Å²) in [5.74, 6) is 0. The zero-order valence-electron chi connectivity index (χ0n) is 9.84. The Hall–Kier alpha value is -0.530. The van der Waals surface area contributed by atoms with E-state index in [9.17, 15) is 5.11 Å². The van der Waals surface area contributed by atoms with Crippen LogP contribution in [-0.2, 0) is 5.41 Å². The quantitative estimate of drug-likeness (QED) is 0.832. The van der Waals surface area contributed by atoms with Gasteiger partial charge < -0.3 is 5.11 Å². The Morgan fingerprint density at radius 1 is 1.07 bits per heavy atom. The molecule has 1 N–H and O–H groups in total. The summed E-state index contributed by atoms with van der Waals surface area (Å²) in [5.41, 5.74) is 0.514. The monoisotopic (exact) mass is 226 g/mol. The first-order valence-corrected chi connectivity index (χ1v) is 5.57. The maximum absolute atomic E-state index is 9.84. The van der Waals surface area contributed by atoms with Gasteiger partial charge in [0.25, 0.3) is 0 Å². The lowest BCUT2D eigenvalue weighted by atomic mass is 9.76. The van der Waals surface area contributed by atoms with Gasteiger partial charge in [-0.2, -0.15) is 0 Å². The van der Waals surface area contributed by atoms with E-state index in [1.165, 1.54) is 5.56 Å². The molecule has 2 heteroatoms. The fraction of sp³-hybridized carbons (Fsp3) is 0.538. The third kappa shape index (κ3) is 3.84. The largest absolute Gasteiger partial charge is 0.390 e. The van der Waals surface area contributed by atoms with Crippen LogP contribution in [0.25, 0.3) is 0 Å². The lowest BCUT2D eigenvalue weighted by Crippen LogP contribution is -2.31. The predicted octanol–water partition coefficient (Wildman–Crippen LogP) is 3.78. The number of hydrogen-bond acceptors (Lipinski definition) is 1. The first-order chi connectivity index (χ1) is 6.71. The van der Waals surface area contributed by atoms with E-state index in [0.29, 0.717) is 0 Å².